The van der Waals surface area contributed by atoms with Gasteiger partial charge in [-0.2, -0.15) is 5.10 Å². The number of carbonyl (C=O) groups excluding carboxylic acids is 1. The summed E-state index contributed by atoms with van der Waals surface area (Å²) in [5, 5.41) is 14.1. The fraction of sp³-hybridized carbons (Fsp3) is 0.333. The van der Waals surface area contributed by atoms with Crippen molar-refractivity contribution >= 4 is 29.0 Å². The molecule has 1 atom stereocenters. The van der Waals surface area contributed by atoms with Crippen LogP contribution >= 0.6 is 11.6 Å². The molecule has 0 bridgehead atoms. The summed E-state index contributed by atoms with van der Waals surface area (Å²) in [6.07, 6.45) is 6.44. The molecule has 8 heteroatoms. The van der Waals surface area contributed by atoms with Gasteiger partial charge in [0.2, 0.25) is 0 Å². The minimum atomic E-state index is -0.333. The topological polar surface area (TPSA) is 80.2 Å². The Morgan fingerprint density at radius 2 is 1.94 bits per heavy atom. The third-order valence-corrected chi connectivity index (χ3v) is 5.82. The molecule has 1 aliphatic rings. The van der Waals surface area contributed by atoms with Crippen molar-refractivity contribution in [1.29, 1.82) is 0 Å². The van der Waals surface area contributed by atoms with Crippen LogP contribution in [0.4, 0.5) is 16.2 Å². The zero-order valence-corrected chi connectivity index (χ0v) is 18.9. The molecule has 3 aromatic rings. The van der Waals surface area contributed by atoms with E-state index in [0.717, 1.165) is 30.0 Å². The van der Waals surface area contributed by atoms with E-state index in [4.69, 9.17) is 16.3 Å². The number of aryl methyl sites for hydroxylation is 1. The van der Waals surface area contributed by atoms with Gasteiger partial charge in [-0.1, -0.05) is 18.0 Å². The number of aromatic nitrogens is 2. The highest BCUT2D eigenvalue weighted by Gasteiger charge is 2.15. The summed E-state index contributed by atoms with van der Waals surface area (Å²) in [5.41, 5.74) is 3.12. The first kappa shape index (κ1) is 22.2. The van der Waals surface area contributed by atoms with Gasteiger partial charge in [0.1, 0.15) is 5.75 Å². The summed E-state index contributed by atoms with van der Waals surface area (Å²) in [4.78, 5) is 12.5. The highest BCUT2D eigenvalue weighted by molar-refractivity contribution is 6.30. The quantitative estimate of drug-likeness (QED) is 0.453. The maximum atomic E-state index is 12.5. The van der Waals surface area contributed by atoms with Crippen molar-refractivity contribution in [3.63, 3.8) is 0 Å². The largest absolute Gasteiger partial charge is 0.493 e. The monoisotopic (exact) mass is 453 g/mol. The third kappa shape index (κ3) is 5.81. The molecular weight excluding hydrogens is 426 g/mol. The smallest absolute Gasteiger partial charge is 0.323 e. The minimum Gasteiger partial charge on any atom is -0.493 e. The number of carbonyl (C=O) groups is 1. The number of hydrogen-bond acceptors (Lipinski definition) is 4. The molecule has 1 aromatic heterocycles. The standard InChI is InChI=1S/C24H28ClN5O2/c1-30-22(11-14-27-30)21-16-20(29-24(31)28-19-7-5-17(25)6-8-19)9-10-23(21)32-15-12-18-4-2-3-13-26-18/h5-11,14,16,18,26H,2-4,12-13,15H2,1H3,(H2,28,29,31). The molecule has 32 heavy (non-hydrogen) atoms. The molecule has 0 saturated carbocycles. The minimum absolute atomic E-state index is 0.333. The molecule has 0 aliphatic carbocycles. The summed E-state index contributed by atoms with van der Waals surface area (Å²) in [7, 11) is 1.89. The van der Waals surface area contributed by atoms with E-state index < -0.39 is 0 Å². The second-order valence-corrected chi connectivity index (χ2v) is 8.36. The molecule has 1 saturated heterocycles. The van der Waals surface area contributed by atoms with Gasteiger partial charge in [0.15, 0.2) is 0 Å². The molecule has 7 nitrogen and oxygen atoms in total. The van der Waals surface area contributed by atoms with Crippen LogP contribution < -0.4 is 20.7 Å². The van der Waals surface area contributed by atoms with Crippen molar-refractivity contribution in [3.05, 3.63) is 59.8 Å². The van der Waals surface area contributed by atoms with Gasteiger partial charge in [-0.05, 0) is 74.3 Å². The molecule has 1 aliphatic heterocycles. The van der Waals surface area contributed by atoms with Gasteiger partial charge in [0, 0.05) is 41.2 Å². The first-order valence-corrected chi connectivity index (χ1v) is 11.3. The van der Waals surface area contributed by atoms with E-state index in [-0.39, 0.29) is 6.03 Å². The molecule has 2 amide bonds. The predicted molar refractivity (Wildman–Crippen MR) is 128 cm³/mol. The van der Waals surface area contributed by atoms with E-state index in [2.05, 4.69) is 21.0 Å². The van der Waals surface area contributed by atoms with E-state index >= 15 is 0 Å². The number of nitrogens with one attached hydrogen (secondary N) is 3. The highest BCUT2D eigenvalue weighted by atomic mass is 35.5. The number of piperidine rings is 1. The second kappa shape index (κ2) is 10.5. The summed E-state index contributed by atoms with van der Waals surface area (Å²) in [5.74, 6) is 0.771. The summed E-state index contributed by atoms with van der Waals surface area (Å²) in [6, 6.07) is 14.7. The first-order valence-electron chi connectivity index (χ1n) is 10.9. The van der Waals surface area contributed by atoms with Crippen LogP contribution in [0.3, 0.4) is 0 Å². The maximum Gasteiger partial charge on any atom is 0.323 e. The molecule has 168 valence electrons. The number of halogens is 1. The van der Waals surface area contributed by atoms with Gasteiger partial charge in [-0.25, -0.2) is 4.79 Å². The van der Waals surface area contributed by atoms with Gasteiger partial charge < -0.3 is 20.7 Å². The zero-order valence-electron chi connectivity index (χ0n) is 18.1. The van der Waals surface area contributed by atoms with Gasteiger partial charge in [-0.3, -0.25) is 4.68 Å². The lowest BCUT2D eigenvalue weighted by molar-refractivity contribution is 0.262. The van der Waals surface area contributed by atoms with Crippen LogP contribution in [0.25, 0.3) is 11.3 Å². The van der Waals surface area contributed by atoms with Crippen LogP contribution in [0.15, 0.2) is 54.7 Å². The molecule has 2 heterocycles. The lowest BCUT2D eigenvalue weighted by Gasteiger charge is -2.23. The average Bonchev–Trinajstić information content (AvgIpc) is 3.22. The van der Waals surface area contributed by atoms with E-state index in [1.54, 1.807) is 35.1 Å². The number of hydrogen-bond donors (Lipinski definition) is 3. The summed E-state index contributed by atoms with van der Waals surface area (Å²) in [6.45, 7) is 1.72. The fourth-order valence-corrected chi connectivity index (χ4v) is 4.01. The molecule has 1 fully saturated rings. The zero-order chi connectivity index (χ0) is 22.3. The van der Waals surface area contributed by atoms with Crippen LogP contribution in [-0.2, 0) is 7.05 Å². The van der Waals surface area contributed by atoms with Crippen LogP contribution in [0.5, 0.6) is 5.75 Å². The van der Waals surface area contributed by atoms with E-state index in [1.807, 2.05) is 31.3 Å². The van der Waals surface area contributed by atoms with Crippen molar-refractivity contribution in [2.75, 3.05) is 23.8 Å². The number of benzene rings is 2. The summed E-state index contributed by atoms with van der Waals surface area (Å²) < 4.78 is 7.96. The van der Waals surface area contributed by atoms with Gasteiger partial charge in [-0.15, -0.1) is 0 Å². The van der Waals surface area contributed by atoms with Gasteiger partial charge >= 0.3 is 6.03 Å². The number of rotatable bonds is 7. The Morgan fingerprint density at radius 1 is 1.16 bits per heavy atom. The van der Waals surface area contributed by atoms with Crippen LogP contribution in [0, 0.1) is 0 Å². The number of urea groups is 1. The molecule has 2 aromatic carbocycles. The van der Waals surface area contributed by atoms with E-state index in [9.17, 15) is 4.79 Å². The molecule has 1 unspecified atom stereocenters. The molecule has 0 spiro atoms. The van der Waals surface area contributed by atoms with E-state index in [0.29, 0.717) is 29.0 Å². The summed E-state index contributed by atoms with van der Waals surface area (Å²) >= 11 is 5.90. The Kier molecular flexibility index (Phi) is 7.29. The fourth-order valence-electron chi connectivity index (χ4n) is 3.88. The van der Waals surface area contributed by atoms with Crippen molar-refractivity contribution in [1.82, 2.24) is 15.1 Å². The Labute approximate surface area is 193 Å². The Bertz CT molecular complexity index is 1040. The van der Waals surface area contributed by atoms with Crippen LogP contribution in [-0.4, -0.2) is 35.0 Å². The molecular formula is C24H28ClN5O2. The first-order chi connectivity index (χ1) is 15.6. The molecule has 3 N–H and O–H groups in total. The average molecular weight is 454 g/mol. The second-order valence-electron chi connectivity index (χ2n) is 7.92. The van der Waals surface area contributed by atoms with Crippen LogP contribution in [0.2, 0.25) is 5.02 Å². The van der Waals surface area contributed by atoms with Crippen LogP contribution in [0.1, 0.15) is 25.7 Å². The van der Waals surface area contributed by atoms with Crippen molar-refractivity contribution in [3.8, 4) is 17.0 Å². The predicted octanol–water partition coefficient (Wildman–Crippen LogP) is 5.30. The van der Waals surface area contributed by atoms with Crippen molar-refractivity contribution in [2.45, 2.75) is 31.7 Å². The Hall–Kier alpha value is -3.03. The van der Waals surface area contributed by atoms with Crippen molar-refractivity contribution < 1.29 is 9.53 Å². The van der Waals surface area contributed by atoms with Gasteiger partial charge in [0.05, 0.1) is 12.3 Å². The SMILES string of the molecule is Cn1nccc1-c1cc(NC(=O)Nc2ccc(Cl)cc2)ccc1OCCC1CCCCN1. The third-order valence-electron chi connectivity index (χ3n) is 5.57. The lowest BCUT2D eigenvalue weighted by atomic mass is 10.0. The maximum absolute atomic E-state index is 12.5. The van der Waals surface area contributed by atoms with Crippen molar-refractivity contribution in [2.24, 2.45) is 7.05 Å². The lowest BCUT2D eigenvalue weighted by Crippen LogP contribution is -2.35. The molecule has 4 rings (SSSR count). The Balaban J connectivity index is 1.46. The number of amides is 2. The molecule has 0 radical (unpaired) electrons. The number of nitrogens with zero attached hydrogens (tertiary/aromatic N) is 2. The Morgan fingerprint density at radius 3 is 2.66 bits per heavy atom. The number of ether oxygens (including phenoxy) is 1. The van der Waals surface area contributed by atoms with E-state index in [1.165, 1.54) is 19.3 Å². The highest BCUT2D eigenvalue weighted by Crippen LogP contribution is 2.33. The van der Waals surface area contributed by atoms with Gasteiger partial charge in [0.25, 0.3) is 0 Å². The normalized spacial score (nSPS) is 15.9. The number of anilines is 2.